The van der Waals surface area contributed by atoms with E-state index in [4.69, 9.17) is 11.5 Å². The van der Waals surface area contributed by atoms with Gasteiger partial charge in [0.05, 0.1) is 16.9 Å². The van der Waals surface area contributed by atoms with Crippen LogP contribution in [0.4, 0.5) is 16.0 Å². The summed E-state index contributed by atoms with van der Waals surface area (Å²) in [6, 6.07) is 7.73. The van der Waals surface area contributed by atoms with Crippen molar-refractivity contribution in [1.29, 1.82) is 0 Å². The molecule has 0 fully saturated rings. The van der Waals surface area contributed by atoms with Crippen LogP contribution in [0, 0.1) is 5.82 Å². The van der Waals surface area contributed by atoms with Crippen LogP contribution in [-0.2, 0) is 6.42 Å². The molecule has 3 aromatic heterocycles. The fraction of sp³-hybridized carbons (Fsp3) is 0.227. The highest BCUT2D eigenvalue weighted by molar-refractivity contribution is 5.86. The number of hydrogen-bond donors (Lipinski definition) is 4. The molecule has 0 saturated heterocycles. The van der Waals surface area contributed by atoms with E-state index >= 15 is 0 Å². The van der Waals surface area contributed by atoms with E-state index in [0.29, 0.717) is 57.6 Å². The second-order valence-electron chi connectivity index (χ2n) is 7.76. The molecule has 6 N–H and O–H groups in total. The van der Waals surface area contributed by atoms with Crippen molar-refractivity contribution in [2.75, 3.05) is 11.5 Å². The molecule has 4 aromatic rings. The van der Waals surface area contributed by atoms with E-state index in [-0.39, 0.29) is 5.82 Å². The minimum absolute atomic E-state index is 0.340. The number of anilines is 2. The first kappa shape index (κ1) is 19.4. The summed E-state index contributed by atoms with van der Waals surface area (Å²) in [6.45, 7) is 0. The van der Waals surface area contributed by atoms with E-state index in [1.54, 1.807) is 35.0 Å². The Kier molecular flexibility index (Phi) is 4.57. The van der Waals surface area contributed by atoms with Crippen molar-refractivity contribution in [3.63, 3.8) is 0 Å². The molecule has 1 aromatic carbocycles. The topological polar surface area (TPSA) is 136 Å². The Morgan fingerprint density at radius 2 is 1.90 bits per heavy atom. The maximum absolute atomic E-state index is 14.6. The number of aromatic nitrogens is 4. The summed E-state index contributed by atoms with van der Waals surface area (Å²) in [5.41, 5.74) is 13.9. The Hall–Kier alpha value is -3.56. The molecule has 0 saturated carbocycles. The number of rotatable bonds is 4. The van der Waals surface area contributed by atoms with Crippen LogP contribution in [0.1, 0.15) is 18.0 Å². The Morgan fingerprint density at radius 1 is 1.06 bits per heavy atom. The zero-order valence-corrected chi connectivity index (χ0v) is 16.5. The van der Waals surface area contributed by atoms with E-state index < -0.39 is 18.2 Å². The van der Waals surface area contributed by atoms with Crippen molar-refractivity contribution in [2.45, 2.75) is 31.1 Å². The average Bonchev–Trinajstić information content (AvgIpc) is 3.29. The van der Waals surface area contributed by atoms with Crippen LogP contribution in [0.3, 0.4) is 0 Å². The first-order chi connectivity index (χ1) is 14.9. The number of fused-ring (bicyclic) bond motifs is 2. The number of aliphatic hydroxyl groups excluding tert-OH is 2. The summed E-state index contributed by atoms with van der Waals surface area (Å²) in [7, 11) is 0. The van der Waals surface area contributed by atoms with Gasteiger partial charge in [0, 0.05) is 11.6 Å². The molecule has 1 aliphatic carbocycles. The zero-order chi connectivity index (χ0) is 21.7. The first-order valence-electron chi connectivity index (χ1n) is 9.91. The molecule has 158 valence electrons. The predicted octanol–water partition coefficient (Wildman–Crippen LogP) is 2.12. The maximum atomic E-state index is 14.6. The Morgan fingerprint density at radius 3 is 2.74 bits per heavy atom. The monoisotopic (exact) mass is 420 g/mol. The highest BCUT2D eigenvalue weighted by atomic mass is 19.1. The van der Waals surface area contributed by atoms with Gasteiger partial charge in [-0.3, -0.25) is 0 Å². The van der Waals surface area contributed by atoms with Gasteiger partial charge in [-0.05, 0) is 54.3 Å². The lowest BCUT2D eigenvalue weighted by Crippen LogP contribution is -2.29. The molecule has 0 amide bonds. The summed E-state index contributed by atoms with van der Waals surface area (Å²) in [5.74, 6) is 0.378. The number of nitrogen functional groups attached to an aromatic ring is 2. The fourth-order valence-corrected chi connectivity index (χ4v) is 4.20. The summed E-state index contributed by atoms with van der Waals surface area (Å²) in [5, 5.41) is 22.6. The molecule has 0 aliphatic heterocycles. The molecular weight excluding hydrogens is 399 g/mol. The normalized spacial score (nSPS) is 21.1. The second kappa shape index (κ2) is 7.29. The third-order valence-corrected chi connectivity index (χ3v) is 5.86. The molecular formula is C22H21FN6O2. The summed E-state index contributed by atoms with van der Waals surface area (Å²) < 4.78 is 16.3. The lowest BCUT2D eigenvalue weighted by Gasteiger charge is -2.19. The van der Waals surface area contributed by atoms with Gasteiger partial charge in [-0.1, -0.05) is 6.08 Å². The van der Waals surface area contributed by atoms with Crippen molar-refractivity contribution >= 4 is 33.6 Å². The number of pyridine rings is 1. The van der Waals surface area contributed by atoms with Crippen molar-refractivity contribution in [3.05, 3.63) is 65.9 Å². The van der Waals surface area contributed by atoms with E-state index in [2.05, 4.69) is 15.0 Å². The quantitative estimate of drug-likeness (QED) is 0.371. The molecule has 9 heteroatoms. The van der Waals surface area contributed by atoms with Crippen LogP contribution in [0.5, 0.6) is 0 Å². The number of benzene rings is 1. The highest BCUT2D eigenvalue weighted by Crippen LogP contribution is 2.35. The van der Waals surface area contributed by atoms with Gasteiger partial charge >= 0.3 is 0 Å². The van der Waals surface area contributed by atoms with E-state index in [1.807, 2.05) is 6.08 Å². The third-order valence-electron chi connectivity index (χ3n) is 5.86. The molecule has 5 rings (SSSR count). The van der Waals surface area contributed by atoms with Crippen molar-refractivity contribution in [3.8, 4) is 0 Å². The van der Waals surface area contributed by atoms with Crippen LogP contribution in [0.25, 0.3) is 21.9 Å². The zero-order valence-electron chi connectivity index (χ0n) is 16.5. The van der Waals surface area contributed by atoms with Gasteiger partial charge in [-0.25, -0.2) is 19.3 Å². The molecule has 1 aliphatic rings. The van der Waals surface area contributed by atoms with Gasteiger partial charge in [-0.15, -0.1) is 0 Å². The van der Waals surface area contributed by atoms with Gasteiger partial charge in [0.2, 0.25) is 0 Å². The number of aryl methyl sites for hydroxylation is 1. The molecule has 8 nitrogen and oxygen atoms in total. The summed E-state index contributed by atoms with van der Waals surface area (Å²) >= 11 is 0. The van der Waals surface area contributed by atoms with Crippen molar-refractivity contribution in [2.24, 2.45) is 0 Å². The molecule has 3 atom stereocenters. The smallest absolute Gasteiger partial charge is 0.146 e. The van der Waals surface area contributed by atoms with Gasteiger partial charge in [0.25, 0.3) is 0 Å². The molecule has 31 heavy (non-hydrogen) atoms. The SMILES string of the molecule is Nc1ccc2cc(F)c(CCC3=CC(n4ccc5c(N)ncnc54)C(O)C3O)cc2n1. The van der Waals surface area contributed by atoms with Crippen molar-refractivity contribution in [1.82, 2.24) is 19.5 Å². The number of halogens is 1. The van der Waals surface area contributed by atoms with Gasteiger partial charge in [0.15, 0.2) is 0 Å². The van der Waals surface area contributed by atoms with Gasteiger partial charge in [0.1, 0.15) is 41.6 Å². The first-order valence-corrected chi connectivity index (χ1v) is 9.91. The number of nitrogens with zero attached hydrogens (tertiary/aromatic N) is 4. The lowest BCUT2D eigenvalue weighted by atomic mass is 10.0. The highest BCUT2D eigenvalue weighted by Gasteiger charge is 2.36. The molecule has 0 bridgehead atoms. The van der Waals surface area contributed by atoms with Crippen LogP contribution < -0.4 is 11.5 Å². The second-order valence-corrected chi connectivity index (χ2v) is 7.76. The Bertz CT molecular complexity index is 1330. The van der Waals surface area contributed by atoms with E-state index in [1.165, 1.54) is 12.4 Å². The number of aliphatic hydroxyl groups is 2. The fourth-order valence-electron chi connectivity index (χ4n) is 4.20. The van der Waals surface area contributed by atoms with Crippen LogP contribution in [0.15, 0.2) is 54.5 Å². The molecule has 3 unspecified atom stereocenters. The number of hydrogen-bond acceptors (Lipinski definition) is 7. The third kappa shape index (κ3) is 3.28. The van der Waals surface area contributed by atoms with E-state index in [9.17, 15) is 14.6 Å². The Balaban J connectivity index is 1.42. The molecule has 0 spiro atoms. The van der Waals surface area contributed by atoms with Gasteiger partial charge < -0.3 is 26.2 Å². The minimum Gasteiger partial charge on any atom is -0.388 e. The lowest BCUT2D eigenvalue weighted by molar-refractivity contribution is 0.0317. The van der Waals surface area contributed by atoms with Crippen LogP contribution >= 0.6 is 0 Å². The standard InChI is InChI=1S/C22H21FN6O2/c23-15-7-12-3-4-18(24)28-16(12)8-11(15)1-2-13-9-17(20(31)19(13)30)29-6-5-14-21(25)26-10-27-22(14)29/h3-10,17,19-20,30-31H,1-2H2,(H2,24,28)(H2,25,26,27). The maximum Gasteiger partial charge on any atom is 0.146 e. The largest absolute Gasteiger partial charge is 0.388 e. The van der Waals surface area contributed by atoms with Gasteiger partial charge in [-0.2, -0.15) is 0 Å². The average molecular weight is 420 g/mol. The number of nitrogens with two attached hydrogens (primary N) is 2. The van der Waals surface area contributed by atoms with Crippen LogP contribution in [-0.4, -0.2) is 41.9 Å². The molecule has 0 radical (unpaired) electrons. The molecule has 3 heterocycles. The predicted molar refractivity (Wildman–Crippen MR) is 116 cm³/mol. The minimum atomic E-state index is -1.06. The summed E-state index contributed by atoms with van der Waals surface area (Å²) in [6.07, 6.45) is 3.55. The van der Waals surface area contributed by atoms with Crippen LogP contribution in [0.2, 0.25) is 0 Å². The summed E-state index contributed by atoms with van der Waals surface area (Å²) in [4.78, 5) is 12.5. The Labute approximate surface area is 176 Å². The van der Waals surface area contributed by atoms with E-state index in [0.717, 1.165) is 0 Å². The van der Waals surface area contributed by atoms with Crippen molar-refractivity contribution < 1.29 is 14.6 Å².